The molecule has 0 saturated heterocycles. The molecule has 0 fully saturated rings. The van der Waals surface area contributed by atoms with Crippen molar-refractivity contribution in [3.8, 4) is 0 Å². The Hall–Kier alpha value is -2.67. The topological polar surface area (TPSA) is 84.9 Å². The first-order valence-electron chi connectivity index (χ1n) is 11.5. The number of methoxy groups -OCH3 is 1. The highest BCUT2D eigenvalue weighted by atomic mass is 19.1. The lowest BCUT2D eigenvalue weighted by Crippen LogP contribution is -2.34. The summed E-state index contributed by atoms with van der Waals surface area (Å²) < 4.78 is 25.9. The quantitative estimate of drug-likeness (QED) is 0.273. The van der Waals surface area contributed by atoms with Crippen LogP contribution in [0.15, 0.2) is 58.4 Å². The molecule has 0 aromatic carbocycles. The smallest absolute Gasteiger partial charge is 0.310 e. The first-order chi connectivity index (χ1) is 15.7. The molecule has 0 amide bonds. The van der Waals surface area contributed by atoms with Gasteiger partial charge in [-0.1, -0.05) is 26.3 Å². The molecule has 0 aromatic heterocycles. The van der Waals surface area contributed by atoms with Crippen LogP contribution in [-0.2, 0) is 19.1 Å². The number of ketones is 1. The van der Waals surface area contributed by atoms with Crippen molar-refractivity contribution in [3.63, 3.8) is 0 Å². The van der Waals surface area contributed by atoms with Gasteiger partial charge in [0.2, 0.25) is 0 Å². The molecule has 1 aliphatic heterocycles. The maximum absolute atomic E-state index is 15.3. The largest absolute Gasteiger partial charge is 0.516 e. The van der Waals surface area contributed by atoms with E-state index in [1.54, 1.807) is 19.9 Å². The van der Waals surface area contributed by atoms with Crippen molar-refractivity contribution in [2.75, 3.05) is 20.3 Å². The van der Waals surface area contributed by atoms with Crippen LogP contribution in [0.25, 0.3) is 0 Å². The van der Waals surface area contributed by atoms with Gasteiger partial charge >= 0.3 is 5.97 Å². The van der Waals surface area contributed by atoms with Crippen LogP contribution in [0, 0.1) is 11.3 Å². The highest BCUT2D eigenvalue weighted by molar-refractivity contribution is 5.99. The lowest BCUT2D eigenvalue weighted by molar-refractivity contribution is -0.142. The van der Waals surface area contributed by atoms with Gasteiger partial charge in [0, 0.05) is 42.0 Å². The zero-order valence-electron chi connectivity index (χ0n) is 20.3. The SMILES string of the molecule is C\C=C/C(F)=C(\C=C\O)C1C(CC(=O)OCC)=C(COC)NC2=C1C(=O)CC(C)(CC)CC2. The summed E-state index contributed by atoms with van der Waals surface area (Å²) in [4.78, 5) is 26.2. The summed E-state index contributed by atoms with van der Waals surface area (Å²) in [6.07, 6.45) is 7.29. The van der Waals surface area contributed by atoms with Crippen molar-refractivity contribution in [2.45, 2.75) is 59.8 Å². The predicted octanol–water partition coefficient (Wildman–Crippen LogP) is 5.35. The van der Waals surface area contributed by atoms with Gasteiger partial charge in [0.1, 0.15) is 5.83 Å². The second-order valence-corrected chi connectivity index (χ2v) is 8.75. The number of esters is 1. The maximum atomic E-state index is 15.3. The van der Waals surface area contributed by atoms with Crippen molar-refractivity contribution in [2.24, 2.45) is 11.3 Å². The number of Topliss-reactive ketones (excluding diaryl/α,β-unsaturated/α-hetero) is 1. The zero-order valence-corrected chi connectivity index (χ0v) is 20.3. The average Bonchev–Trinajstić information content (AvgIpc) is 2.89. The van der Waals surface area contributed by atoms with Crippen LogP contribution in [0.5, 0.6) is 0 Å². The van der Waals surface area contributed by atoms with Crippen LogP contribution in [0.4, 0.5) is 4.39 Å². The number of carbonyl (C=O) groups excluding carboxylic acids is 2. The van der Waals surface area contributed by atoms with E-state index in [0.29, 0.717) is 29.7 Å². The van der Waals surface area contributed by atoms with Gasteiger partial charge in [-0.3, -0.25) is 9.59 Å². The molecule has 0 bridgehead atoms. The van der Waals surface area contributed by atoms with E-state index in [4.69, 9.17) is 9.47 Å². The summed E-state index contributed by atoms with van der Waals surface area (Å²) in [5, 5.41) is 12.9. The van der Waals surface area contributed by atoms with Crippen LogP contribution in [0.1, 0.15) is 59.8 Å². The average molecular weight is 462 g/mol. The minimum Gasteiger partial charge on any atom is -0.516 e. The molecule has 2 N–H and O–H groups in total. The normalized spacial score (nSPS) is 24.7. The fourth-order valence-corrected chi connectivity index (χ4v) is 4.51. The Balaban J connectivity index is 2.78. The summed E-state index contributed by atoms with van der Waals surface area (Å²) in [6.45, 7) is 7.91. The Bertz CT molecular complexity index is 912. The van der Waals surface area contributed by atoms with Crippen molar-refractivity contribution in [1.29, 1.82) is 0 Å². The molecule has 2 rings (SSSR count). The summed E-state index contributed by atoms with van der Waals surface area (Å²) in [6, 6.07) is 0. The summed E-state index contributed by atoms with van der Waals surface area (Å²) >= 11 is 0. The summed E-state index contributed by atoms with van der Waals surface area (Å²) in [5.74, 6) is -1.99. The van der Waals surface area contributed by atoms with Crippen LogP contribution in [0.3, 0.4) is 0 Å². The third-order valence-electron chi connectivity index (χ3n) is 6.45. The second kappa shape index (κ2) is 12.0. The molecule has 2 aliphatic rings. The molecule has 2 atom stereocenters. The van der Waals surface area contributed by atoms with E-state index in [9.17, 15) is 14.7 Å². The van der Waals surface area contributed by atoms with E-state index in [-0.39, 0.29) is 36.4 Å². The summed E-state index contributed by atoms with van der Waals surface area (Å²) in [7, 11) is 1.53. The number of aliphatic hydroxyl groups is 1. The number of rotatable bonds is 9. The standard InChI is InChI=1S/C26H36FNO5/c1-6-9-19(27)17(11-13-29)24-18(14-23(31)33-8-3)21(16-32-5)28-20-10-12-26(4,7-2)15-22(30)25(20)24/h6,9,11,13,24,28-29H,7-8,10,12,14-16H2,1-5H3/b9-6-,13-11+,19-17-. The minimum atomic E-state index is -0.845. The number of allylic oxidation sites excluding steroid dienone is 7. The fourth-order valence-electron chi connectivity index (χ4n) is 4.51. The number of aliphatic hydroxyl groups excluding tert-OH is 1. The van der Waals surface area contributed by atoms with Gasteiger partial charge in [-0.05, 0) is 49.8 Å². The lowest BCUT2D eigenvalue weighted by Gasteiger charge is -2.33. The molecule has 1 heterocycles. The van der Waals surface area contributed by atoms with Crippen LogP contribution < -0.4 is 5.32 Å². The molecule has 0 aromatic rings. The second-order valence-electron chi connectivity index (χ2n) is 8.75. The number of hydrogen-bond acceptors (Lipinski definition) is 6. The van der Waals surface area contributed by atoms with E-state index < -0.39 is 17.7 Å². The number of halogens is 1. The molecule has 0 saturated carbocycles. The molecule has 182 valence electrons. The van der Waals surface area contributed by atoms with Gasteiger partial charge in [0.25, 0.3) is 0 Å². The van der Waals surface area contributed by atoms with Crippen LogP contribution in [-0.4, -0.2) is 37.2 Å². The first-order valence-corrected chi connectivity index (χ1v) is 11.5. The Labute approximate surface area is 195 Å². The maximum Gasteiger partial charge on any atom is 0.310 e. The molecule has 7 heteroatoms. The van der Waals surface area contributed by atoms with E-state index in [2.05, 4.69) is 19.2 Å². The van der Waals surface area contributed by atoms with Crippen LogP contribution >= 0.6 is 0 Å². The minimum absolute atomic E-state index is 0.0840. The lowest BCUT2D eigenvalue weighted by atomic mass is 9.74. The van der Waals surface area contributed by atoms with Gasteiger partial charge in [0.15, 0.2) is 5.78 Å². The number of hydrogen-bond donors (Lipinski definition) is 2. The van der Waals surface area contributed by atoms with Gasteiger partial charge < -0.3 is 19.9 Å². The molecule has 1 aliphatic carbocycles. The van der Waals surface area contributed by atoms with Gasteiger partial charge in [-0.2, -0.15) is 0 Å². The Morgan fingerprint density at radius 2 is 2.06 bits per heavy atom. The first kappa shape index (κ1) is 26.6. The highest BCUT2D eigenvalue weighted by Crippen LogP contribution is 2.46. The van der Waals surface area contributed by atoms with Crippen LogP contribution in [0.2, 0.25) is 0 Å². The van der Waals surface area contributed by atoms with Crippen molar-refractivity contribution in [3.05, 3.63) is 58.4 Å². The van der Waals surface area contributed by atoms with Gasteiger partial charge in [0.05, 0.1) is 25.9 Å². The van der Waals surface area contributed by atoms with Crippen molar-refractivity contribution < 1.29 is 28.6 Å². The number of nitrogens with one attached hydrogen (secondary N) is 1. The van der Waals surface area contributed by atoms with E-state index in [0.717, 1.165) is 24.8 Å². The predicted molar refractivity (Wildman–Crippen MR) is 126 cm³/mol. The molecule has 6 nitrogen and oxygen atoms in total. The van der Waals surface area contributed by atoms with Gasteiger partial charge in [-0.15, -0.1) is 0 Å². The zero-order chi connectivity index (χ0) is 24.6. The van der Waals surface area contributed by atoms with E-state index >= 15 is 4.39 Å². The Kier molecular flexibility index (Phi) is 9.65. The van der Waals surface area contributed by atoms with Gasteiger partial charge in [-0.25, -0.2) is 4.39 Å². The molecular formula is C26H36FNO5. The monoisotopic (exact) mass is 461 g/mol. The number of carbonyl (C=O) groups is 2. The Morgan fingerprint density at radius 3 is 2.64 bits per heavy atom. The number of dihydropyridines is 1. The molecule has 2 unspecified atom stereocenters. The molecular weight excluding hydrogens is 425 g/mol. The fraction of sp³-hybridized carbons (Fsp3) is 0.538. The Morgan fingerprint density at radius 1 is 1.33 bits per heavy atom. The summed E-state index contributed by atoms with van der Waals surface area (Å²) in [5.41, 5.74) is 2.22. The van der Waals surface area contributed by atoms with E-state index in [1.807, 2.05) is 0 Å². The van der Waals surface area contributed by atoms with Crippen molar-refractivity contribution in [1.82, 2.24) is 5.32 Å². The molecule has 0 spiro atoms. The highest BCUT2D eigenvalue weighted by Gasteiger charge is 2.41. The van der Waals surface area contributed by atoms with Crippen molar-refractivity contribution >= 4 is 11.8 Å². The molecule has 33 heavy (non-hydrogen) atoms. The third kappa shape index (κ3) is 6.22. The molecule has 0 radical (unpaired) electrons. The van der Waals surface area contributed by atoms with E-state index in [1.165, 1.54) is 19.3 Å². The third-order valence-corrected chi connectivity index (χ3v) is 6.45. The number of ether oxygens (including phenoxy) is 2.